The zero-order valence-corrected chi connectivity index (χ0v) is 38.2. The van der Waals surface area contributed by atoms with Gasteiger partial charge in [-0.2, -0.15) is 0 Å². The molecule has 65 heavy (non-hydrogen) atoms. The summed E-state index contributed by atoms with van der Waals surface area (Å²) >= 11 is 0. The highest BCUT2D eigenvalue weighted by Gasteiger charge is 2.39. The van der Waals surface area contributed by atoms with Crippen LogP contribution in [0.2, 0.25) is 0 Å². The van der Waals surface area contributed by atoms with Crippen molar-refractivity contribution in [3.63, 3.8) is 0 Å². The molecular formula is C46H71N3O16. The molecule has 2 heterocycles. The first-order valence-corrected chi connectivity index (χ1v) is 22.2. The standard InChI is InChI=1S/C30H40N2O9.C16H31NO7/c1-30(2,3)41-29(39)31-12-18(13-31)14-32(15-24(34)26(36)27(37)25(35)16-33)28(38)40-17-23-21-10-6-4-8-19(21)20-9-5-7-11-22(20)23;1-16(2,3)24-15(23)17-7-10(8-17)5-4-6-11(19)13(21)14(22)12(20)9-18/h4-11,18,23-27,33-37H,12-17H2,1-3H3;10-14,18-22H,4-9H2,1-3H3/t24-,25+,26+,27+;11-,12+,13+,14+/m00/s1. The Bertz CT molecular complexity index is 1780. The molecule has 0 unspecified atom stereocenters. The van der Waals surface area contributed by atoms with Gasteiger partial charge in [0, 0.05) is 44.6 Å². The number of amides is 3. The normalized spacial score (nSPS) is 19.1. The summed E-state index contributed by atoms with van der Waals surface area (Å²) in [6, 6.07) is 15.8. The van der Waals surface area contributed by atoms with Gasteiger partial charge in [-0.05, 0) is 82.6 Å². The highest BCUT2D eigenvalue weighted by atomic mass is 16.6. The maximum absolute atomic E-state index is 13.4. The molecule has 0 aromatic heterocycles. The number of aliphatic hydroxyl groups excluding tert-OH is 10. The Kier molecular flexibility index (Phi) is 19.4. The molecule has 3 amide bonds. The molecule has 5 rings (SSSR count). The minimum atomic E-state index is -1.83. The topological polar surface area (TPSA) is 291 Å². The molecule has 2 aromatic rings. The molecule has 366 valence electrons. The van der Waals surface area contributed by atoms with Gasteiger partial charge in [0.2, 0.25) is 0 Å². The molecule has 19 nitrogen and oxygen atoms in total. The first kappa shape index (κ1) is 53.5. The lowest BCUT2D eigenvalue weighted by Crippen LogP contribution is -2.57. The Morgan fingerprint density at radius 3 is 1.49 bits per heavy atom. The zero-order chi connectivity index (χ0) is 48.4. The number of benzene rings is 2. The number of carbonyl (C=O) groups excluding carboxylic acids is 3. The zero-order valence-electron chi connectivity index (χ0n) is 38.2. The fraction of sp³-hybridized carbons (Fsp3) is 0.674. The van der Waals surface area contributed by atoms with Crippen LogP contribution < -0.4 is 0 Å². The van der Waals surface area contributed by atoms with E-state index in [1.54, 1.807) is 25.7 Å². The largest absolute Gasteiger partial charge is 0.448 e. The first-order chi connectivity index (χ1) is 30.4. The van der Waals surface area contributed by atoms with Gasteiger partial charge in [0.1, 0.15) is 60.5 Å². The van der Waals surface area contributed by atoms with Crippen molar-refractivity contribution in [3.8, 4) is 11.1 Å². The quantitative estimate of drug-likeness (QED) is 0.0934. The van der Waals surface area contributed by atoms with Crippen LogP contribution in [-0.4, -0.2) is 203 Å². The number of rotatable bonds is 18. The van der Waals surface area contributed by atoms with Gasteiger partial charge in [-0.1, -0.05) is 55.0 Å². The summed E-state index contributed by atoms with van der Waals surface area (Å²) in [7, 11) is 0. The summed E-state index contributed by atoms with van der Waals surface area (Å²) in [6.07, 6.45) is -12.6. The van der Waals surface area contributed by atoms with Gasteiger partial charge < -0.3 is 80.0 Å². The second-order valence-electron chi connectivity index (χ2n) is 19.2. The van der Waals surface area contributed by atoms with Crippen molar-refractivity contribution in [2.45, 2.75) is 127 Å². The first-order valence-electron chi connectivity index (χ1n) is 22.2. The SMILES string of the molecule is CC(C)(C)OC(=O)N1CC(CCC[C@H](O)[C@@H](O)[C@H](O)[C@H](O)CO)C1.CC(C)(C)OC(=O)N1CC(CN(C[C@H](O)[C@@H](O)[C@H](O)[C@H](O)CO)C(=O)OCC2c3ccccc3-c3ccccc32)C1. The predicted octanol–water partition coefficient (Wildman–Crippen LogP) is 1.000. The van der Waals surface area contributed by atoms with Crippen LogP contribution in [0.4, 0.5) is 14.4 Å². The number of carbonyl (C=O) groups is 3. The van der Waals surface area contributed by atoms with Gasteiger partial charge in [0.15, 0.2) is 0 Å². The number of ether oxygens (including phenoxy) is 3. The van der Waals surface area contributed by atoms with E-state index in [1.807, 2.05) is 69.3 Å². The smallest absolute Gasteiger partial charge is 0.410 e. The molecule has 19 heteroatoms. The highest BCUT2D eigenvalue weighted by Crippen LogP contribution is 2.44. The van der Waals surface area contributed by atoms with Crippen molar-refractivity contribution in [3.05, 3.63) is 59.7 Å². The molecule has 1 aliphatic carbocycles. The molecule has 2 fully saturated rings. The van der Waals surface area contributed by atoms with E-state index in [2.05, 4.69) is 0 Å². The van der Waals surface area contributed by atoms with Gasteiger partial charge in [-0.25, -0.2) is 14.4 Å². The van der Waals surface area contributed by atoms with E-state index in [1.165, 1.54) is 9.80 Å². The fourth-order valence-corrected chi connectivity index (χ4v) is 7.86. The molecule has 2 aromatic carbocycles. The van der Waals surface area contributed by atoms with Crippen LogP contribution in [0.1, 0.15) is 77.8 Å². The highest BCUT2D eigenvalue weighted by molar-refractivity contribution is 5.79. The number of fused-ring (bicyclic) bond motifs is 3. The Morgan fingerprint density at radius 1 is 0.631 bits per heavy atom. The average molecular weight is 922 g/mol. The van der Waals surface area contributed by atoms with Crippen molar-refractivity contribution < 1.29 is 79.7 Å². The van der Waals surface area contributed by atoms with Crippen molar-refractivity contribution in [2.24, 2.45) is 11.8 Å². The van der Waals surface area contributed by atoms with E-state index in [0.29, 0.717) is 38.5 Å². The summed E-state index contributed by atoms with van der Waals surface area (Å²) in [5, 5.41) is 96.8. The second kappa shape index (κ2) is 23.5. The van der Waals surface area contributed by atoms with Crippen LogP contribution in [0.15, 0.2) is 48.5 Å². The molecule has 8 atom stereocenters. The van der Waals surface area contributed by atoms with Crippen molar-refractivity contribution in [1.82, 2.24) is 14.7 Å². The number of nitrogens with zero attached hydrogens (tertiary/aromatic N) is 3. The third kappa shape index (κ3) is 15.2. The van der Waals surface area contributed by atoms with E-state index in [4.69, 9.17) is 24.4 Å². The molecule has 0 bridgehead atoms. The summed E-state index contributed by atoms with van der Waals surface area (Å²) in [4.78, 5) is 41.9. The monoisotopic (exact) mass is 921 g/mol. The van der Waals surface area contributed by atoms with Crippen molar-refractivity contribution >= 4 is 18.3 Å². The maximum atomic E-state index is 13.4. The van der Waals surface area contributed by atoms with E-state index >= 15 is 0 Å². The van der Waals surface area contributed by atoms with Gasteiger partial charge in [-0.15, -0.1) is 0 Å². The minimum Gasteiger partial charge on any atom is -0.448 e. The Balaban J connectivity index is 0.000000329. The van der Waals surface area contributed by atoms with Crippen LogP contribution in [-0.2, 0) is 14.2 Å². The fourth-order valence-electron chi connectivity index (χ4n) is 7.86. The van der Waals surface area contributed by atoms with Crippen LogP contribution >= 0.6 is 0 Å². The van der Waals surface area contributed by atoms with E-state index in [9.17, 15) is 55.2 Å². The summed E-state index contributed by atoms with van der Waals surface area (Å²) in [5.74, 6) is 0.00622. The molecule has 3 aliphatic rings. The molecule has 2 aliphatic heterocycles. The molecule has 0 spiro atoms. The molecule has 2 saturated heterocycles. The Morgan fingerprint density at radius 2 is 1.05 bits per heavy atom. The number of aliphatic hydroxyl groups is 10. The number of likely N-dealkylation sites (tertiary alicyclic amines) is 2. The van der Waals surface area contributed by atoms with Gasteiger partial charge in [0.25, 0.3) is 0 Å². The summed E-state index contributed by atoms with van der Waals surface area (Å²) < 4.78 is 16.4. The lowest BCUT2D eigenvalue weighted by molar-refractivity contribution is -0.119. The minimum absolute atomic E-state index is 0.0442. The van der Waals surface area contributed by atoms with Gasteiger partial charge in [0.05, 0.1) is 25.9 Å². The Labute approximate surface area is 380 Å². The lowest BCUT2D eigenvalue weighted by atomic mass is 9.92. The molecular weight excluding hydrogens is 851 g/mol. The predicted molar refractivity (Wildman–Crippen MR) is 235 cm³/mol. The Hall–Kier alpha value is -4.15. The van der Waals surface area contributed by atoms with Crippen molar-refractivity contribution in [1.29, 1.82) is 0 Å². The van der Waals surface area contributed by atoms with Gasteiger partial charge in [-0.3, -0.25) is 0 Å². The van der Waals surface area contributed by atoms with Crippen LogP contribution in [0.5, 0.6) is 0 Å². The number of hydrogen-bond acceptors (Lipinski definition) is 16. The van der Waals surface area contributed by atoms with E-state index in [0.717, 1.165) is 28.7 Å². The summed E-state index contributed by atoms with van der Waals surface area (Å²) in [6.45, 7) is 10.9. The van der Waals surface area contributed by atoms with Crippen LogP contribution in [0.3, 0.4) is 0 Å². The van der Waals surface area contributed by atoms with E-state index in [-0.39, 0.29) is 37.5 Å². The third-order valence-electron chi connectivity index (χ3n) is 11.5. The average Bonchev–Trinajstić information content (AvgIpc) is 3.54. The maximum Gasteiger partial charge on any atom is 0.410 e. The van der Waals surface area contributed by atoms with Gasteiger partial charge >= 0.3 is 18.3 Å². The van der Waals surface area contributed by atoms with Crippen molar-refractivity contribution in [2.75, 3.05) is 59.1 Å². The molecule has 0 radical (unpaired) electrons. The second-order valence-corrected chi connectivity index (χ2v) is 19.2. The summed E-state index contributed by atoms with van der Waals surface area (Å²) in [5.41, 5.74) is 3.08. The lowest BCUT2D eigenvalue weighted by Gasteiger charge is -2.42. The van der Waals surface area contributed by atoms with Crippen LogP contribution in [0, 0.1) is 11.8 Å². The van der Waals surface area contributed by atoms with E-state index < -0.39 is 92.0 Å². The molecule has 0 saturated carbocycles. The van der Waals surface area contributed by atoms with Crippen LogP contribution in [0.25, 0.3) is 11.1 Å². The molecule has 10 N–H and O–H groups in total. The number of hydrogen-bond donors (Lipinski definition) is 10. The third-order valence-corrected chi connectivity index (χ3v) is 11.5.